The van der Waals surface area contributed by atoms with Gasteiger partial charge >= 0.3 is 6.18 Å². The molecule has 0 aliphatic rings. The largest absolute Gasteiger partial charge is 0.399 e. The third-order valence-electron chi connectivity index (χ3n) is 3.83. The zero-order chi connectivity index (χ0) is 19.6. The average Bonchev–Trinajstić information content (AvgIpc) is 2.51. The van der Waals surface area contributed by atoms with Crippen LogP contribution in [0, 0.1) is 6.92 Å². The summed E-state index contributed by atoms with van der Waals surface area (Å²) in [5.41, 5.74) is 1.67. The Hall–Kier alpha value is -1.49. The fraction of sp³-hybridized carbons (Fsp3) is 0.211. The summed E-state index contributed by atoms with van der Waals surface area (Å²) in [5.74, 6) is -2.00. The molecule has 0 spiro atoms. The molecule has 0 fully saturated rings. The lowest BCUT2D eigenvalue weighted by atomic mass is 9.96. The van der Waals surface area contributed by atoms with Gasteiger partial charge in [-0.15, -0.1) is 0 Å². The van der Waals surface area contributed by atoms with E-state index in [-0.39, 0.29) is 26.4 Å². The molecule has 0 heterocycles. The molecule has 26 heavy (non-hydrogen) atoms. The molecule has 0 aliphatic heterocycles. The van der Waals surface area contributed by atoms with Crippen molar-refractivity contribution in [2.45, 2.75) is 25.9 Å². The van der Waals surface area contributed by atoms with E-state index in [1.54, 1.807) is 25.1 Å². The Morgan fingerprint density at radius 2 is 1.65 bits per heavy atom. The predicted octanol–water partition coefficient (Wildman–Crippen LogP) is 7.52. The lowest BCUT2D eigenvalue weighted by Crippen LogP contribution is -2.19. The minimum absolute atomic E-state index is 0.0115. The first-order chi connectivity index (χ1) is 12.0. The summed E-state index contributed by atoms with van der Waals surface area (Å²) in [7, 11) is 0. The minimum atomic E-state index is -4.54. The van der Waals surface area contributed by atoms with Gasteiger partial charge in [-0.2, -0.15) is 13.2 Å². The van der Waals surface area contributed by atoms with Gasteiger partial charge < -0.3 is 0 Å². The summed E-state index contributed by atoms with van der Waals surface area (Å²) in [6, 6.07) is 7.15. The number of rotatable bonds is 4. The van der Waals surface area contributed by atoms with Crippen molar-refractivity contribution in [1.29, 1.82) is 0 Å². The third-order valence-corrected chi connectivity index (χ3v) is 5.03. The number of carbonyl (C=O) groups excluding carboxylic acids is 1. The van der Waals surface area contributed by atoms with Gasteiger partial charge in [-0.05, 0) is 42.7 Å². The molecule has 1 unspecified atom stereocenters. The zero-order valence-electron chi connectivity index (χ0n) is 13.8. The van der Waals surface area contributed by atoms with Gasteiger partial charge in [0.05, 0.1) is 21.0 Å². The number of Topliss-reactive ketones (excluding diaryl/α,β-unsaturated/α-hetero) is 1. The monoisotopic (exact) mass is 420 g/mol. The van der Waals surface area contributed by atoms with E-state index in [9.17, 15) is 18.0 Å². The molecule has 1 atom stereocenters. The van der Waals surface area contributed by atoms with E-state index in [1.165, 1.54) is 13.0 Å². The highest BCUT2D eigenvalue weighted by atomic mass is 35.5. The van der Waals surface area contributed by atoms with E-state index >= 15 is 0 Å². The normalized spacial score (nSPS) is 13.2. The van der Waals surface area contributed by atoms with Crippen molar-refractivity contribution in [2.24, 2.45) is 0 Å². The maximum Gasteiger partial charge on any atom is 0.399 e. The van der Waals surface area contributed by atoms with Crippen LogP contribution in [0.3, 0.4) is 0 Å². The molecular weight excluding hydrogens is 408 g/mol. The van der Waals surface area contributed by atoms with Crippen molar-refractivity contribution in [3.63, 3.8) is 0 Å². The lowest BCUT2D eigenvalue weighted by molar-refractivity contribution is -0.139. The summed E-state index contributed by atoms with van der Waals surface area (Å²) < 4.78 is 40.5. The van der Waals surface area contributed by atoms with Crippen LogP contribution in [0.5, 0.6) is 0 Å². The maximum atomic E-state index is 13.5. The topological polar surface area (TPSA) is 17.1 Å². The van der Waals surface area contributed by atoms with Crippen molar-refractivity contribution in [3.05, 3.63) is 73.7 Å². The van der Waals surface area contributed by atoms with Crippen molar-refractivity contribution >= 4 is 46.7 Å². The Morgan fingerprint density at radius 1 is 1.08 bits per heavy atom. The van der Waals surface area contributed by atoms with E-state index in [2.05, 4.69) is 0 Å². The molecule has 0 amide bonds. The SMILES string of the molecule is CC(=O)c1ccc(/C=C/C(c2cc(Cl)c(Cl)c(Cl)c2)C(F)(F)F)cc1C. The van der Waals surface area contributed by atoms with Crippen molar-refractivity contribution in [3.8, 4) is 0 Å². The van der Waals surface area contributed by atoms with E-state index in [0.29, 0.717) is 16.7 Å². The van der Waals surface area contributed by atoms with E-state index in [0.717, 1.165) is 18.2 Å². The van der Waals surface area contributed by atoms with Crippen LogP contribution in [-0.4, -0.2) is 12.0 Å². The average molecular weight is 422 g/mol. The van der Waals surface area contributed by atoms with Crippen LogP contribution in [0.2, 0.25) is 15.1 Å². The fourth-order valence-electron chi connectivity index (χ4n) is 2.56. The standard InChI is InChI=1S/C19H14Cl3F3O/c1-10-7-12(3-5-14(10)11(2)26)4-6-15(19(23,24)25)13-8-16(20)18(22)17(21)9-13/h3-9,15H,1-2H3/b6-4+. The molecule has 0 saturated carbocycles. The highest BCUT2D eigenvalue weighted by Crippen LogP contribution is 2.41. The van der Waals surface area contributed by atoms with Gasteiger partial charge in [0.15, 0.2) is 5.78 Å². The quantitative estimate of drug-likeness (QED) is 0.368. The molecule has 7 heteroatoms. The van der Waals surface area contributed by atoms with Gasteiger partial charge in [0, 0.05) is 5.56 Å². The third kappa shape index (κ3) is 4.81. The molecular formula is C19H14Cl3F3O. The summed E-state index contributed by atoms with van der Waals surface area (Å²) >= 11 is 17.5. The second kappa shape index (κ2) is 8.03. The Kier molecular flexibility index (Phi) is 6.43. The van der Waals surface area contributed by atoms with Crippen molar-refractivity contribution in [2.75, 3.05) is 0 Å². The molecule has 2 aromatic carbocycles. The number of halogens is 6. The van der Waals surface area contributed by atoms with Crippen LogP contribution in [0.4, 0.5) is 13.2 Å². The van der Waals surface area contributed by atoms with Crippen LogP contribution in [0.1, 0.15) is 39.9 Å². The van der Waals surface area contributed by atoms with Crippen molar-refractivity contribution in [1.82, 2.24) is 0 Å². The van der Waals surface area contributed by atoms with Crippen LogP contribution in [0.15, 0.2) is 36.4 Å². The number of allylic oxidation sites excluding steroid dienone is 1. The zero-order valence-corrected chi connectivity index (χ0v) is 16.1. The highest BCUT2D eigenvalue weighted by molar-refractivity contribution is 6.48. The van der Waals surface area contributed by atoms with E-state index in [1.807, 2.05) is 0 Å². The number of aryl methyl sites for hydroxylation is 1. The van der Waals surface area contributed by atoms with Crippen LogP contribution >= 0.6 is 34.8 Å². The highest BCUT2D eigenvalue weighted by Gasteiger charge is 2.39. The fourth-order valence-corrected chi connectivity index (χ4v) is 3.17. The van der Waals surface area contributed by atoms with Gasteiger partial charge in [0.1, 0.15) is 0 Å². The molecule has 0 aromatic heterocycles. The molecule has 0 bridgehead atoms. The van der Waals surface area contributed by atoms with E-state index in [4.69, 9.17) is 34.8 Å². The summed E-state index contributed by atoms with van der Waals surface area (Å²) in [6.07, 6.45) is -2.16. The first kappa shape index (κ1) is 20.8. The molecule has 0 saturated heterocycles. The molecule has 0 radical (unpaired) electrons. The summed E-state index contributed by atoms with van der Waals surface area (Å²) in [6.45, 7) is 3.17. The van der Waals surface area contributed by atoms with Crippen LogP contribution < -0.4 is 0 Å². The van der Waals surface area contributed by atoms with Crippen molar-refractivity contribution < 1.29 is 18.0 Å². The molecule has 2 rings (SSSR count). The molecule has 0 aliphatic carbocycles. The minimum Gasteiger partial charge on any atom is -0.295 e. The van der Waals surface area contributed by atoms with Crippen LogP contribution in [0.25, 0.3) is 6.08 Å². The number of benzene rings is 2. The second-order valence-corrected chi connectivity index (χ2v) is 7.00. The van der Waals surface area contributed by atoms with E-state index < -0.39 is 12.1 Å². The number of ketones is 1. The maximum absolute atomic E-state index is 13.5. The van der Waals surface area contributed by atoms with Gasteiger partial charge in [-0.1, -0.05) is 65.2 Å². The number of hydrogen-bond acceptors (Lipinski definition) is 1. The number of hydrogen-bond donors (Lipinski definition) is 0. The molecule has 138 valence electrons. The smallest absolute Gasteiger partial charge is 0.295 e. The van der Waals surface area contributed by atoms with Gasteiger partial charge in [-0.25, -0.2) is 0 Å². The molecule has 1 nitrogen and oxygen atoms in total. The Bertz CT molecular complexity index is 850. The first-order valence-corrected chi connectivity index (χ1v) is 8.65. The Labute approximate surface area is 164 Å². The molecule has 2 aromatic rings. The first-order valence-electron chi connectivity index (χ1n) is 7.51. The Balaban J connectivity index is 2.42. The number of alkyl halides is 3. The van der Waals surface area contributed by atoms with Gasteiger partial charge in [-0.3, -0.25) is 4.79 Å². The Morgan fingerprint density at radius 3 is 2.12 bits per heavy atom. The van der Waals surface area contributed by atoms with Crippen LogP contribution in [-0.2, 0) is 0 Å². The lowest BCUT2D eigenvalue weighted by Gasteiger charge is -2.18. The molecule has 0 N–H and O–H groups in total. The summed E-state index contributed by atoms with van der Waals surface area (Å²) in [4.78, 5) is 11.4. The number of carbonyl (C=O) groups is 1. The summed E-state index contributed by atoms with van der Waals surface area (Å²) in [5, 5.41) is -0.0746. The predicted molar refractivity (Wildman–Crippen MR) is 100 cm³/mol. The van der Waals surface area contributed by atoms with Gasteiger partial charge in [0.25, 0.3) is 0 Å². The van der Waals surface area contributed by atoms with Gasteiger partial charge in [0.2, 0.25) is 0 Å². The second-order valence-electron chi connectivity index (χ2n) is 5.81.